The Morgan fingerprint density at radius 3 is 2.19 bits per heavy atom. The van der Waals surface area contributed by atoms with Gasteiger partial charge in [-0.1, -0.05) is 34.1 Å². The highest BCUT2D eigenvalue weighted by molar-refractivity contribution is 9.10. The van der Waals surface area contributed by atoms with Crippen LogP contribution in [0.5, 0.6) is 11.5 Å². The van der Waals surface area contributed by atoms with Gasteiger partial charge in [-0.2, -0.15) is 0 Å². The van der Waals surface area contributed by atoms with E-state index in [1.54, 1.807) is 72.8 Å². The Hall–Kier alpha value is -3.91. The zero-order valence-corrected chi connectivity index (χ0v) is 18.6. The van der Waals surface area contributed by atoms with E-state index >= 15 is 0 Å². The number of amides is 2. The normalized spacial score (nSPS) is 10.4. The van der Waals surface area contributed by atoms with Crippen molar-refractivity contribution in [3.8, 4) is 11.5 Å². The number of hydrazine groups is 1. The van der Waals surface area contributed by atoms with E-state index in [9.17, 15) is 14.4 Å². The molecule has 0 heterocycles. The van der Waals surface area contributed by atoms with Gasteiger partial charge in [-0.3, -0.25) is 20.4 Å². The quantitative estimate of drug-likeness (QED) is 0.232. The van der Waals surface area contributed by atoms with E-state index in [0.717, 1.165) is 4.47 Å². The summed E-state index contributed by atoms with van der Waals surface area (Å²) in [5.74, 6) is -0.631. The van der Waals surface area contributed by atoms with Crippen LogP contribution in [0.4, 0.5) is 0 Å². The number of halogens is 1. The average Bonchev–Trinajstić information content (AvgIpc) is 2.82. The summed E-state index contributed by atoms with van der Waals surface area (Å²) >= 11 is 3.32. The third-order valence-electron chi connectivity index (χ3n) is 4.27. The molecular weight excluding hydrogens is 476 g/mol. The van der Waals surface area contributed by atoms with Crippen LogP contribution in [-0.2, 0) is 4.79 Å². The zero-order valence-electron chi connectivity index (χ0n) is 17.0. The molecular formula is C24H19BrN2O5. The third kappa shape index (κ3) is 6.29. The highest BCUT2D eigenvalue weighted by Crippen LogP contribution is 2.21. The number of hydrogen-bond acceptors (Lipinski definition) is 5. The number of para-hydroxylation sites is 1. The molecule has 0 aliphatic carbocycles. The summed E-state index contributed by atoms with van der Waals surface area (Å²) in [4.78, 5) is 36.6. The van der Waals surface area contributed by atoms with Crippen LogP contribution in [0.1, 0.15) is 26.3 Å². The Morgan fingerprint density at radius 2 is 1.50 bits per heavy atom. The Bertz CT molecular complexity index is 1140. The van der Waals surface area contributed by atoms with Crippen molar-refractivity contribution in [3.05, 3.63) is 100 Å². The first kappa shape index (κ1) is 22.8. The molecule has 0 aliphatic heterocycles. The minimum absolute atomic E-state index is 0.298. The lowest BCUT2D eigenvalue weighted by molar-refractivity contribution is -0.117. The lowest BCUT2D eigenvalue weighted by Crippen LogP contribution is -2.40. The first-order valence-electron chi connectivity index (χ1n) is 9.45. The van der Waals surface area contributed by atoms with Crippen molar-refractivity contribution in [1.29, 1.82) is 0 Å². The highest BCUT2D eigenvalue weighted by Gasteiger charge is 2.11. The third-order valence-corrected chi connectivity index (χ3v) is 4.80. The summed E-state index contributed by atoms with van der Waals surface area (Å²) in [6, 6.07) is 20.0. The van der Waals surface area contributed by atoms with Crippen LogP contribution in [0.2, 0.25) is 0 Å². The second kappa shape index (κ2) is 10.9. The smallest absolute Gasteiger partial charge is 0.343 e. The van der Waals surface area contributed by atoms with Crippen LogP contribution in [0.25, 0.3) is 6.08 Å². The van der Waals surface area contributed by atoms with Gasteiger partial charge in [0.05, 0.1) is 12.7 Å². The van der Waals surface area contributed by atoms with E-state index in [1.807, 2.05) is 0 Å². The molecule has 162 valence electrons. The number of methoxy groups -OCH3 is 1. The molecule has 0 aliphatic rings. The van der Waals surface area contributed by atoms with Crippen LogP contribution in [0, 0.1) is 0 Å². The predicted octanol–water partition coefficient (Wildman–Crippen LogP) is 4.15. The maximum Gasteiger partial charge on any atom is 0.343 e. The summed E-state index contributed by atoms with van der Waals surface area (Å²) in [6.45, 7) is 0. The van der Waals surface area contributed by atoms with Crippen LogP contribution in [0.3, 0.4) is 0 Å². The van der Waals surface area contributed by atoms with Gasteiger partial charge in [0.25, 0.3) is 11.8 Å². The van der Waals surface area contributed by atoms with E-state index in [0.29, 0.717) is 28.2 Å². The molecule has 8 heteroatoms. The molecule has 2 amide bonds. The van der Waals surface area contributed by atoms with Crippen molar-refractivity contribution in [2.45, 2.75) is 0 Å². The molecule has 0 atom stereocenters. The lowest BCUT2D eigenvalue weighted by Gasteiger charge is -2.08. The number of esters is 1. The molecule has 0 fully saturated rings. The molecule has 0 bridgehead atoms. The van der Waals surface area contributed by atoms with Crippen LogP contribution in [0.15, 0.2) is 83.3 Å². The number of carbonyl (C=O) groups is 3. The molecule has 0 saturated heterocycles. The van der Waals surface area contributed by atoms with Gasteiger partial charge in [0.15, 0.2) is 0 Å². The number of nitrogens with one attached hydrogen (secondary N) is 2. The standard InChI is InChI=1S/C24H19BrN2O5/c1-31-20-13-8-17(9-14-20)23(29)27-26-22(28)15-10-16-4-2-3-5-21(16)32-24(30)18-6-11-19(25)12-7-18/h2-15H,1H3,(H,26,28)(H,27,29)/b15-10+. The van der Waals surface area contributed by atoms with E-state index in [-0.39, 0.29) is 0 Å². The average molecular weight is 495 g/mol. The van der Waals surface area contributed by atoms with Gasteiger partial charge in [0, 0.05) is 21.7 Å². The fraction of sp³-hybridized carbons (Fsp3) is 0.0417. The maximum absolute atomic E-state index is 12.4. The predicted molar refractivity (Wildman–Crippen MR) is 123 cm³/mol. The molecule has 0 unspecified atom stereocenters. The molecule has 0 aromatic heterocycles. The first-order chi connectivity index (χ1) is 15.5. The van der Waals surface area contributed by atoms with Crippen molar-refractivity contribution in [2.24, 2.45) is 0 Å². The number of hydrogen-bond donors (Lipinski definition) is 2. The summed E-state index contributed by atoms with van der Waals surface area (Å²) in [5, 5.41) is 0. The second-order valence-electron chi connectivity index (χ2n) is 6.44. The molecule has 2 N–H and O–H groups in total. The van der Waals surface area contributed by atoms with E-state index in [2.05, 4.69) is 26.8 Å². The van der Waals surface area contributed by atoms with Crippen LogP contribution in [-0.4, -0.2) is 24.9 Å². The molecule has 3 rings (SSSR count). The molecule has 0 spiro atoms. The molecule has 3 aromatic carbocycles. The lowest BCUT2D eigenvalue weighted by atomic mass is 10.2. The fourth-order valence-corrected chi connectivity index (χ4v) is 2.86. The minimum atomic E-state index is -0.555. The van der Waals surface area contributed by atoms with Gasteiger partial charge in [-0.25, -0.2) is 4.79 Å². The summed E-state index contributed by atoms with van der Waals surface area (Å²) in [7, 11) is 1.53. The van der Waals surface area contributed by atoms with Crippen molar-refractivity contribution in [3.63, 3.8) is 0 Å². The van der Waals surface area contributed by atoms with Gasteiger partial charge in [-0.05, 0) is 60.7 Å². The SMILES string of the molecule is COc1ccc(C(=O)NNC(=O)/C=C/c2ccccc2OC(=O)c2ccc(Br)cc2)cc1. The molecule has 7 nitrogen and oxygen atoms in total. The van der Waals surface area contributed by atoms with Crippen molar-refractivity contribution in [2.75, 3.05) is 7.11 Å². The van der Waals surface area contributed by atoms with Crippen molar-refractivity contribution in [1.82, 2.24) is 10.9 Å². The zero-order chi connectivity index (χ0) is 22.9. The Morgan fingerprint density at radius 1 is 0.844 bits per heavy atom. The fourth-order valence-electron chi connectivity index (χ4n) is 2.60. The number of ether oxygens (including phenoxy) is 2. The number of benzene rings is 3. The van der Waals surface area contributed by atoms with E-state index < -0.39 is 17.8 Å². The number of rotatable bonds is 6. The van der Waals surface area contributed by atoms with Gasteiger partial charge in [0.2, 0.25) is 0 Å². The Labute approximate surface area is 193 Å². The van der Waals surface area contributed by atoms with Crippen molar-refractivity contribution < 1.29 is 23.9 Å². The Balaban J connectivity index is 1.59. The van der Waals surface area contributed by atoms with E-state index in [4.69, 9.17) is 9.47 Å². The second-order valence-corrected chi connectivity index (χ2v) is 7.36. The molecule has 3 aromatic rings. The van der Waals surface area contributed by atoms with Crippen LogP contribution < -0.4 is 20.3 Å². The molecule has 32 heavy (non-hydrogen) atoms. The maximum atomic E-state index is 12.4. The van der Waals surface area contributed by atoms with Gasteiger partial charge >= 0.3 is 5.97 Å². The Kier molecular flexibility index (Phi) is 7.77. The number of carbonyl (C=O) groups excluding carboxylic acids is 3. The van der Waals surface area contributed by atoms with Gasteiger partial charge in [-0.15, -0.1) is 0 Å². The van der Waals surface area contributed by atoms with E-state index in [1.165, 1.54) is 19.3 Å². The topological polar surface area (TPSA) is 93.7 Å². The van der Waals surface area contributed by atoms with Crippen molar-refractivity contribution >= 4 is 39.8 Å². The van der Waals surface area contributed by atoms with Gasteiger partial charge < -0.3 is 9.47 Å². The molecule has 0 saturated carbocycles. The van der Waals surface area contributed by atoms with Crippen LogP contribution >= 0.6 is 15.9 Å². The summed E-state index contributed by atoms with van der Waals surface area (Å²) < 4.78 is 11.4. The first-order valence-corrected chi connectivity index (χ1v) is 10.2. The molecule has 0 radical (unpaired) electrons. The monoisotopic (exact) mass is 494 g/mol. The largest absolute Gasteiger partial charge is 0.497 e. The summed E-state index contributed by atoms with van der Waals surface area (Å²) in [5.41, 5.74) is 5.91. The minimum Gasteiger partial charge on any atom is -0.497 e. The highest BCUT2D eigenvalue weighted by atomic mass is 79.9. The summed E-state index contributed by atoms with van der Waals surface area (Å²) in [6.07, 6.45) is 2.71. The van der Waals surface area contributed by atoms with Gasteiger partial charge in [0.1, 0.15) is 11.5 Å².